The van der Waals surface area contributed by atoms with Gasteiger partial charge in [0.2, 0.25) is 0 Å². The maximum Gasteiger partial charge on any atom is 0.0357 e. The van der Waals surface area contributed by atoms with Crippen molar-refractivity contribution in [3.63, 3.8) is 0 Å². The van der Waals surface area contributed by atoms with Crippen LogP contribution in [0.25, 0.3) is 0 Å². The molecule has 0 aliphatic rings. The predicted molar refractivity (Wildman–Crippen MR) is 115 cm³/mol. The molecule has 2 heteroatoms. The second-order valence-corrected chi connectivity index (χ2v) is 7.53. The molecule has 0 aromatic rings. The fraction of sp³-hybridized carbons (Fsp3) is 0.652. The first-order valence-corrected chi connectivity index (χ1v) is 9.89. The van der Waals surface area contributed by atoms with Crippen LogP contribution in [-0.4, -0.2) is 25.5 Å². The van der Waals surface area contributed by atoms with Gasteiger partial charge in [-0.05, 0) is 62.5 Å². The first kappa shape index (κ1) is 23.6. The Balaban J connectivity index is 5.07. The van der Waals surface area contributed by atoms with Crippen LogP contribution < -0.4 is 5.32 Å². The fourth-order valence-electron chi connectivity index (χ4n) is 3.06. The third-order valence-corrected chi connectivity index (χ3v) is 5.22. The van der Waals surface area contributed by atoms with Gasteiger partial charge in [-0.15, -0.1) is 0 Å². The number of rotatable bonds is 13. The van der Waals surface area contributed by atoms with Gasteiger partial charge in [-0.2, -0.15) is 0 Å². The largest absolute Gasteiger partial charge is 0.392 e. The van der Waals surface area contributed by atoms with E-state index in [1.54, 1.807) is 0 Å². The molecule has 0 fully saturated rings. The molecule has 0 radical (unpaired) electrons. The Bertz CT molecular complexity index is 457. The molecule has 0 aliphatic carbocycles. The van der Waals surface area contributed by atoms with Crippen molar-refractivity contribution in [2.45, 2.75) is 60.3 Å². The van der Waals surface area contributed by atoms with E-state index in [1.807, 2.05) is 13.1 Å². The van der Waals surface area contributed by atoms with Crippen LogP contribution in [0.3, 0.4) is 0 Å². The fourth-order valence-corrected chi connectivity index (χ4v) is 3.06. The van der Waals surface area contributed by atoms with Gasteiger partial charge >= 0.3 is 0 Å². The summed E-state index contributed by atoms with van der Waals surface area (Å²) in [5, 5.41) is 3.24. The van der Waals surface area contributed by atoms with Gasteiger partial charge in [0.15, 0.2) is 0 Å². The van der Waals surface area contributed by atoms with Crippen molar-refractivity contribution in [2.75, 3.05) is 20.6 Å². The maximum absolute atomic E-state index is 4.17. The maximum atomic E-state index is 4.17. The van der Waals surface area contributed by atoms with Crippen LogP contribution in [-0.2, 0) is 0 Å². The standard InChI is InChI=1S/C23H42N2/c1-10-21(17-22(11-2)20(7)24-8)19(6)13-14-23(12-3)25(9)16-15-18(4)5/h12-14,18,21-22,24H,3,7,10-11,15-17H2,1-2,4-6,8-9H3/b19-13+,23-14+. The molecule has 0 aromatic heterocycles. The molecular formula is C23H42N2. The van der Waals surface area contributed by atoms with E-state index in [1.165, 1.54) is 17.7 Å². The van der Waals surface area contributed by atoms with Crippen molar-refractivity contribution < 1.29 is 0 Å². The van der Waals surface area contributed by atoms with E-state index in [-0.39, 0.29) is 0 Å². The predicted octanol–water partition coefficient (Wildman–Crippen LogP) is 6.16. The smallest absolute Gasteiger partial charge is 0.0357 e. The number of hydrogen-bond acceptors (Lipinski definition) is 2. The minimum Gasteiger partial charge on any atom is -0.392 e. The van der Waals surface area contributed by atoms with E-state index in [0.29, 0.717) is 11.8 Å². The van der Waals surface area contributed by atoms with Gasteiger partial charge in [-0.3, -0.25) is 0 Å². The molecule has 0 rings (SSSR count). The molecular weight excluding hydrogens is 304 g/mol. The summed E-state index contributed by atoms with van der Waals surface area (Å²) in [7, 11) is 4.13. The summed E-state index contributed by atoms with van der Waals surface area (Å²) in [4.78, 5) is 2.30. The van der Waals surface area contributed by atoms with Crippen molar-refractivity contribution in [2.24, 2.45) is 17.8 Å². The Kier molecular flexibility index (Phi) is 12.1. The summed E-state index contributed by atoms with van der Waals surface area (Å²) in [5.74, 6) is 1.86. The molecule has 2 unspecified atom stereocenters. The molecule has 0 saturated heterocycles. The molecule has 0 bridgehead atoms. The van der Waals surface area contributed by atoms with Crippen molar-refractivity contribution in [3.05, 3.63) is 48.4 Å². The quantitative estimate of drug-likeness (QED) is 0.402. The average molecular weight is 347 g/mol. The Morgan fingerprint density at radius 2 is 1.72 bits per heavy atom. The van der Waals surface area contributed by atoms with Crippen LogP contribution in [0.2, 0.25) is 0 Å². The Hall–Kier alpha value is -1.44. The zero-order valence-electron chi connectivity index (χ0n) is 17.9. The van der Waals surface area contributed by atoms with E-state index in [2.05, 4.69) is 77.2 Å². The van der Waals surface area contributed by atoms with E-state index < -0.39 is 0 Å². The monoisotopic (exact) mass is 346 g/mol. The number of hydrogen-bond donors (Lipinski definition) is 1. The molecule has 25 heavy (non-hydrogen) atoms. The Morgan fingerprint density at radius 3 is 2.16 bits per heavy atom. The number of likely N-dealkylation sites (N-methyl/N-ethyl adjacent to an activating group) is 1. The van der Waals surface area contributed by atoms with Crippen molar-refractivity contribution in [3.8, 4) is 0 Å². The third kappa shape index (κ3) is 9.00. The van der Waals surface area contributed by atoms with E-state index in [0.717, 1.165) is 37.4 Å². The summed E-state index contributed by atoms with van der Waals surface area (Å²) in [6, 6.07) is 0. The Labute approximate surface area is 157 Å². The van der Waals surface area contributed by atoms with Crippen LogP contribution >= 0.6 is 0 Å². The van der Waals surface area contributed by atoms with Gasteiger partial charge < -0.3 is 10.2 Å². The van der Waals surface area contributed by atoms with Crippen molar-refractivity contribution >= 4 is 0 Å². The molecule has 2 atom stereocenters. The number of allylic oxidation sites excluding steroid dienone is 5. The van der Waals surface area contributed by atoms with Crippen LogP contribution in [0.5, 0.6) is 0 Å². The molecule has 0 amide bonds. The summed E-state index contributed by atoms with van der Waals surface area (Å²) < 4.78 is 0. The van der Waals surface area contributed by atoms with Crippen LogP contribution in [0, 0.1) is 17.8 Å². The second-order valence-electron chi connectivity index (χ2n) is 7.53. The normalized spacial score (nSPS) is 15.0. The molecule has 1 N–H and O–H groups in total. The van der Waals surface area contributed by atoms with Gasteiger partial charge in [-0.25, -0.2) is 0 Å². The zero-order chi connectivity index (χ0) is 19.4. The number of nitrogens with zero attached hydrogens (tertiary/aromatic N) is 1. The molecule has 0 heterocycles. The van der Waals surface area contributed by atoms with Crippen molar-refractivity contribution in [1.29, 1.82) is 0 Å². The highest BCUT2D eigenvalue weighted by Crippen LogP contribution is 2.28. The molecule has 0 spiro atoms. The van der Waals surface area contributed by atoms with Gasteiger partial charge in [0, 0.05) is 32.0 Å². The lowest BCUT2D eigenvalue weighted by molar-refractivity contribution is 0.386. The van der Waals surface area contributed by atoms with E-state index in [9.17, 15) is 0 Å². The molecule has 0 aromatic carbocycles. The van der Waals surface area contributed by atoms with Crippen LogP contribution in [0.15, 0.2) is 48.4 Å². The lowest BCUT2D eigenvalue weighted by atomic mass is 9.84. The first-order valence-electron chi connectivity index (χ1n) is 9.89. The highest BCUT2D eigenvalue weighted by Gasteiger charge is 2.17. The van der Waals surface area contributed by atoms with Gasteiger partial charge in [0.25, 0.3) is 0 Å². The minimum absolute atomic E-state index is 0.537. The van der Waals surface area contributed by atoms with E-state index >= 15 is 0 Å². The second kappa shape index (κ2) is 12.9. The highest BCUT2D eigenvalue weighted by atomic mass is 15.1. The van der Waals surface area contributed by atoms with Crippen molar-refractivity contribution in [1.82, 2.24) is 10.2 Å². The molecule has 144 valence electrons. The summed E-state index contributed by atoms with van der Waals surface area (Å²) in [5.41, 5.74) is 3.80. The lowest BCUT2D eigenvalue weighted by Gasteiger charge is -2.24. The molecule has 2 nitrogen and oxygen atoms in total. The summed E-state index contributed by atoms with van der Waals surface area (Å²) >= 11 is 0. The van der Waals surface area contributed by atoms with Gasteiger partial charge in [0.1, 0.15) is 0 Å². The molecule has 0 aliphatic heterocycles. The summed E-state index contributed by atoms with van der Waals surface area (Å²) in [6.07, 6.45) is 11.1. The highest BCUT2D eigenvalue weighted by molar-refractivity contribution is 5.24. The van der Waals surface area contributed by atoms with Gasteiger partial charge in [0.05, 0.1) is 0 Å². The first-order chi connectivity index (χ1) is 11.8. The lowest BCUT2D eigenvalue weighted by Crippen LogP contribution is -2.19. The van der Waals surface area contributed by atoms with Crippen LogP contribution in [0.1, 0.15) is 60.3 Å². The van der Waals surface area contributed by atoms with Gasteiger partial charge in [-0.1, -0.05) is 52.5 Å². The molecule has 0 saturated carbocycles. The number of nitrogens with one attached hydrogen (secondary N) is 1. The SMILES string of the molecule is C=C/C(=C\C=C(/C)C(CC)CC(CC)C(=C)NC)N(C)CCC(C)C. The minimum atomic E-state index is 0.537. The Morgan fingerprint density at radius 1 is 1.12 bits per heavy atom. The zero-order valence-corrected chi connectivity index (χ0v) is 17.9. The average Bonchev–Trinajstić information content (AvgIpc) is 2.60. The van der Waals surface area contributed by atoms with Crippen LogP contribution in [0.4, 0.5) is 0 Å². The summed E-state index contributed by atoms with van der Waals surface area (Å²) in [6.45, 7) is 20.6. The van der Waals surface area contributed by atoms with E-state index in [4.69, 9.17) is 0 Å². The third-order valence-electron chi connectivity index (χ3n) is 5.22. The topological polar surface area (TPSA) is 15.3 Å².